The van der Waals surface area contributed by atoms with Crippen LogP contribution in [0.4, 0.5) is 5.69 Å². The zero-order valence-corrected chi connectivity index (χ0v) is 13.7. The van der Waals surface area contributed by atoms with Gasteiger partial charge in [0, 0.05) is 11.3 Å². The molecule has 130 valence electrons. The fourth-order valence-electron chi connectivity index (χ4n) is 2.01. The van der Waals surface area contributed by atoms with Crippen molar-refractivity contribution in [1.29, 1.82) is 0 Å². The van der Waals surface area contributed by atoms with Gasteiger partial charge in [0.05, 0.1) is 12.8 Å². The Labute approximate surface area is 145 Å². The van der Waals surface area contributed by atoms with Gasteiger partial charge < -0.3 is 15.2 Å². The monoisotopic (exact) mass is 341 g/mol. The number of hydrogen-bond acceptors (Lipinski definition) is 5. The summed E-state index contributed by atoms with van der Waals surface area (Å²) in [6, 6.07) is 14.5. The highest BCUT2D eigenvalue weighted by Crippen LogP contribution is 2.15. The van der Waals surface area contributed by atoms with Crippen LogP contribution in [0.25, 0.3) is 0 Å². The number of carboxylic acid groups (broad SMARTS) is 1. The normalized spacial score (nSPS) is 10.4. The summed E-state index contributed by atoms with van der Waals surface area (Å²) in [5, 5.41) is 15.5. The van der Waals surface area contributed by atoms with Gasteiger partial charge in [-0.3, -0.25) is 4.79 Å². The smallest absolute Gasteiger partial charge is 0.341 e. The molecule has 0 aromatic heterocycles. The summed E-state index contributed by atoms with van der Waals surface area (Å²) < 4.78 is 5.16. The molecule has 7 nitrogen and oxygen atoms in total. The molecule has 7 heteroatoms. The van der Waals surface area contributed by atoms with Crippen molar-refractivity contribution < 1.29 is 19.4 Å². The molecule has 0 radical (unpaired) electrons. The fourth-order valence-corrected chi connectivity index (χ4v) is 2.01. The van der Waals surface area contributed by atoms with Gasteiger partial charge in [0.1, 0.15) is 5.75 Å². The lowest BCUT2D eigenvalue weighted by atomic mass is 10.2. The third kappa shape index (κ3) is 6.34. The first-order chi connectivity index (χ1) is 12.0. The van der Waals surface area contributed by atoms with Gasteiger partial charge in [-0.1, -0.05) is 24.3 Å². The van der Waals surface area contributed by atoms with Crippen LogP contribution in [-0.2, 0) is 9.59 Å². The van der Waals surface area contributed by atoms with Crippen LogP contribution in [0, 0.1) is 6.92 Å². The van der Waals surface area contributed by atoms with Crippen molar-refractivity contribution in [1.82, 2.24) is 5.43 Å². The molecule has 0 atom stereocenters. The van der Waals surface area contributed by atoms with Gasteiger partial charge >= 0.3 is 5.97 Å². The fraction of sp³-hybridized carbons (Fsp3) is 0.167. The number of rotatable bonds is 8. The van der Waals surface area contributed by atoms with Crippen molar-refractivity contribution in [3.63, 3.8) is 0 Å². The third-order valence-electron chi connectivity index (χ3n) is 3.13. The molecule has 2 aromatic carbocycles. The summed E-state index contributed by atoms with van der Waals surface area (Å²) in [7, 11) is 0. The molecule has 0 saturated heterocycles. The van der Waals surface area contributed by atoms with Crippen LogP contribution in [0.3, 0.4) is 0 Å². The second kappa shape index (κ2) is 9.07. The summed E-state index contributed by atoms with van der Waals surface area (Å²) in [6.07, 6.45) is 1.40. The number of anilines is 1. The topological polar surface area (TPSA) is 100 Å². The maximum atomic E-state index is 11.8. The predicted molar refractivity (Wildman–Crippen MR) is 95.0 cm³/mol. The Balaban J connectivity index is 1.86. The van der Waals surface area contributed by atoms with Crippen LogP contribution < -0.4 is 15.5 Å². The molecule has 0 heterocycles. The minimum Gasteiger partial charge on any atom is -0.481 e. The molecule has 2 aromatic rings. The quantitative estimate of drug-likeness (QED) is 0.504. The molecule has 25 heavy (non-hydrogen) atoms. The van der Waals surface area contributed by atoms with Gasteiger partial charge in [-0.25, -0.2) is 10.2 Å². The van der Waals surface area contributed by atoms with E-state index in [4.69, 9.17) is 9.84 Å². The Morgan fingerprint density at radius 3 is 2.76 bits per heavy atom. The molecular weight excluding hydrogens is 322 g/mol. The van der Waals surface area contributed by atoms with E-state index in [1.165, 1.54) is 6.21 Å². The van der Waals surface area contributed by atoms with Gasteiger partial charge in [0.2, 0.25) is 0 Å². The van der Waals surface area contributed by atoms with E-state index in [1.807, 2.05) is 31.2 Å². The third-order valence-corrected chi connectivity index (χ3v) is 3.13. The highest BCUT2D eigenvalue weighted by Gasteiger charge is 2.04. The minimum atomic E-state index is -1.07. The number of hydrazone groups is 1. The molecular formula is C18H19N3O4. The summed E-state index contributed by atoms with van der Waals surface area (Å²) in [4.78, 5) is 22.4. The van der Waals surface area contributed by atoms with E-state index in [0.29, 0.717) is 11.3 Å². The molecule has 0 bridgehead atoms. The Kier molecular flexibility index (Phi) is 6.53. The molecule has 0 saturated carbocycles. The summed E-state index contributed by atoms with van der Waals surface area (Å²) in [5.41, 5.74) is 4.92. The van der Waals surface area contributed by atoms with Crippen molar-refractivity contribution in [3.8, 4) is 5.75 Å². The van der Waals surface area contributed by atoms with E-state index in [9.17, 15) is 9.59 Å². The average Bonchev–Trinajstić information content (AvgIpc) is 2.59. The predicted octanol–water partition coefficient (Wildman–Crippen LogP) is 2.02. The van der Waals surface area contributed by atoms with E-state index < -0.39 is 12.6 Å². The highest BCUT2D eigenvalue weighted by molar-refractivity contribution is 5.86. The van der Waals surface area contributed by atoms with Crippen LogP contribution in [0.2, 0.25) is 0 Å². The SMILES string of the molecule is Cc1cccc(NCC(=O)N/N=C/c2ccccc2OCC(=O)O)c1. The van der Waals surface area contributed by atoms with Gasteiger partial charge in [-0.15, -0.1) is 0 Å². The van der Waals surface area contributed by atoms with Crippen molar-refractivity contribution in [2.75, 3.05) is 18.5 Å². The number of aryl methyl sites for hydroxylation is 1. The number of hydrogen-bond donors (Lipinski definition) is 3. The Morgan fingerprint density at radius 1 is 1.20 bits per heavy atom. The van der Waals surface area contributed by atoms with Crippen molar-refractivity contribution in [2.24, 2.45) is 5.10 Å². The largest absolute Gasteiger partial charge is 0.481 e. The molecule has 0 aliphatic carbocycles. The van der Waals surface area contributed by atoms with Crippen molar-refractivity contribution >= 4 is 23.8 Å². The minimum absolute atomic E-state index is 0.0813. The molecule has 0 spiro atoms. The first-order valence-electron chi connectivity index (χ1n) is 7.60. The zero-order valence-electron chi connectivity index (χ0n) is 13.7. The van der Waals surface area contributed by atoms with Crippen LogP contribution in [0.5, 0.6) is 5.75 Å². The average molecular weight is 341 g/mol. The lowest BCUT2D eigenvalue weighted by Gasteiger charge is -2.07. The lowest BCUT2D eigenvalue weighted by molar-refractivity contribution is -0.139. The van der Waals surface area contributed by atoms with Crippen LogP contribution in [0.1, 0.15) is 11.1 Å². The molecule has 2 rings (SSSR count). The zero-order chi connectivity index (χ0) is 18.1. The summed E-state index contributed by atoms with van der Waals surface area (Å²) in [5.74, 6) is -0.996. The number of carboxylic acids is 1. The first kappa shape index (κ1) is 18.0. The molecule has 0 unspecified atom stereocenters. The second-order valence-corrected chi connectivity index (χ2v) is 5.24. The molecule has 0 fully saturated rings. The van der Waals surface area contributed by atoms with Crippen LogP contribution in [0.15, 0.2) is 53.6 Å². The molecule has 0 aliphatic heterocycles. The number of nitrogens with zero attached hydrogens (tertiary/aromatic N) is 1. The van der Waals surface area contributed by atoms with E-state index in [0.717, 1.165) is 11.3 Å². The first-order valence-corrected chi connectivity index (χ1v) is 7.60. The number of amides is 1. The number of benzene rings is 2. The standard InChI is InChI=1S/C18H19N3O4/c1-13-5-4-7-15(9-13)19-11-17(22)21-20-10-14-6-2-3-8-16(14)25-12-18(23)24/h2-10,19H,11-12H2,1H3,(H,21,22)(H,23,24)/b20-10+. The summed E-state index contributed by atoms with van der Waals surface area (Å²) >= 11 is 0. The van der Waals surface area contributed by atoms with Crippen LogP contribution in [-0.4, -0.2) is 36.3 Å². The Bertz CT molecular complexity index is 774. The number of aliphatic carboxylic acids is 1. The van der Waals surface area contributed by atoms with Gasteiger partial charge in [0.25, 0.3) is 5.91 Å². The van der Waals surface area contributed by atoms with E-state index in [2.05, 4.69) is 15.8 Å². The Morgan fingerprint density at radius 2 is 2.00 bits per heavy atom. The summed E-state index contributed by atoms with van der Waals surface area (Å²) in [6.45, 7) is 1.61. The van der Waals surface area contributed by atoms with E-state index in [1.54, 1.807) is 24.3 Å². The van der Waals surface area contributed by atoms with Gasteiger partial charge in [-0.05, 0) is 36.8 Å². The number of para-hydroxylation sites is 1. The highest BCUT2D eigenvalue weighted by atomic mass is 16.5. The van der Waals surface area contributed by atoms with Crippen LogP contribution >= 0.6 is 0 Å². The Hall–Kier alpha value is -3.35. The van der Waals surface area contributed by atoms with Crippen molar-refractivity contribution in [3.05, 3.63) is 59.7 Å². The molecule has 3 N–H and O–H groups in total. The number of carbonyl (C=O) groups is 2. The number of ether oxygens (including phenoxy) is 1. The maximum Gasteiger partial charge on any atom is 0.341 e. The number of nitrogens with one attached hydrogen (secondary N) is 2. The molecule has 1 amide bonds. The van der Waals surface area contributed by atoms with Gasteiger partial charge in [0.15, 0.2) is 6.61 Å². The maximum absolute atomic E-state index is 11.8. The van der Waals surface area contributed by atoms with E-state index >= 15 is 0 Å². The lowest BCUT2D eigenvalue weighted by Crippen LogP contribution is -2.25. The van der Waals surface area contributed by atoms with E-state index in [-0.39, 0.29) is 12.5 Å². The number of carbonyl (C=O) groups excluding carboxylic acids is 1. The molecule has 0 aliphatic rings. The van der Waals surface area contributed by atoms with Gasteiger partial charge in [-0.2, -0.15) is 5.10 Å². The second-order valence-electron chi connectivity index (χ2n) is 5.24. The van der Waals surface area contributed by atoms with Crippen molar-refractivity contribution in [2.45, 2.75) is 6.92 Å².